The van der Waals surface area contributed by atoms with Gasteiger partial charge in [0.05, 0.1) is 19.1 Å². The predicted molar refractivity (Wildman–Crippen MR) is 90.6 cm³/mol. The fourth-order valence-corrected chi connectivity index (χ4v) is 2.77. The number of hydrogen-bond acceptors (Lipinski definition) is 5. The molecule has 2 N–H and O–H groups in total. The Morgan fingerprint density at radius 2 is 2.12 bits per heavy atom. The summed E-state index contributed by atoms with van der Waals surface area (Å²) in [4.78, 5) is 18.4. The number of carbonyl (C=O) groups is 1. The van der Waals surface area contributed by atoms with Crippen LogP contribution in [0.1, 0.15) is 12.0 Å². The van der Waals surface area contributed by atoms with Crippen LogP contribution in [0.5, 0.6) is 5.75 Å². The SMILES string of the molecule is O=C(C[C@H]1CN(Cc2ccccc2)CCO1)Nc1ncccc1O. The van der Waals surface area contributed by atoms with Gasteiger partial charge in [-0.1, -0.05) is 30.3 Å². The Morgan fingerprint density at radius 3 is 2.92 bits per heavy atom. The van der Waals surface area contributed by atoms with Crippen molar-refractivity contribution in [2.24, 2.45) is 0 Å². The highest BCUT2D eigenvalue weighted by Gasteiger charge is 2.23. The quantitative estimate of drug-likeness (QED) is 0.879. The summed E-state index contributed by atoms with van der Waals surface area (Å²) in [6.07, 6.45) is 1.60. The smallest absolute Gasteiger partial charge is 0.228 e. The highest BCUT2D eigenvalue weighted by molar-refractivity contribution is 5.91. The van der Waals surface area contributed by atoms with Crippen LogP contribution in [0.2, 0.25) is 0 Å². The van der Waals surface area contributed by atoms with Crippen LogP contribution in [0.15, 0.2) is 48.7 Å². The fourth-order valence-electron chi connectivity index (χ4n) is 2.77. The summed E-state index contributed by atoms with van der Waals surface area (Å²) in [7, 11) is 0. The molecule has 126 valence electrons. The van der Waals surface area contributed by atoms with Gasteiger partial charge in [0.25, 0.3) is 0 Å². The van der Waals surface area contributed by atoms with Crippen molar-refractivity contribution in [3.8, 4) is 5.75 Å². The minimum atomic E-state index is -0.212. The van der Waals surface area contributed by atoms with Gasteiger partial charge in [0.15, 0.2) is 11.6 Å². The molecular weight excluding hydrogens is 306 g/mol. The van der Waals surface area contributed by atoms with Crippen LogP contribution >= 0.6 is 0 Å². The minimum absolute atomic E-state index is 0.0406. The Kier molecular flexibility index (Phi) is 5.40. The lowest BCUT2D eigenvalue weighted by atomic mass is 10.1. The molecule has 0 radical (unpaired) electrons. The van der Waals surface area contributed by atoms with Gasteiger partial charge in [0.2, 0.25) is 5.91 Å². The number of aromatic nitrogens is 1. The maximum Gasteiger partial charge on any atom is 0.228 e. The predicted octanol–water partition coefficient (Wildman–Crippen LogP) is 2.02. The van der Waals surface area contributed by atoms with Crippen molar-refractivity contribution in [3.63, 3.8) is 0 Å². The van der Waals surface area contributed by atoms with Crippen molar-refractivity contribution in [2.75, 3.05) is 25.0 Å². The first-order valence-electron chi connectivity index (χ1n) is 8.02. The zero-order valence-corrected chi connectivity index (χ0v) is 13.4. The summed E-state index contributed by atoms with van der Waals surface area (Å²) in [5.74, 6) is -0.0730. The normalized spacial score (nSPS) is 18.2. The molecule has 3 rings (SSSR count). The summed E-state index contributed by atoms with van der Waals surface area (Å²) in [6.45, 7) is 3.02. The van der Waals surface area contributed by atoms with Crippen LogP contribution in [0, 0.1) is 0 Å². The third kappa shape index (κ3) is 4.53. The summed E-state index contributed by atoms with van der Waals surface area (Å²) in [5.41, 5.74) is 1.25. The lowest BCUT2D eigenvalue weighted by Gasteiger charge is -2.32. The topological polar surface area (TPSA) is 74.7 Å². The number of ether oxygens (including phenoxy) is 1. The van der Waals surface area contributed by atoms with Crippen molar-refractivity contribution in [1.29, 1.82) is 0 Å². The molecule has 1 amide bonds. The average Bonchev–Trinajstić information content (AvgIpc) is 2.58. The van der Waals surface area contributed by atoms with Crippen molar-refractivity contribution in [2.45, 2.75) is 19.1 Å². The van der Waals surface area contributed by atoms with Crippen molar-refractivity contribution >= 4 is 11.7 Å². The van der Waals surface area contributed by atoms with E-state index in [2.05, 4.69) is 27.3 Å². The third-order valence-corrected chi connectivity index (χ3v) is 3.93. The van der Waals surface area contributed by atoms with Crippen molar-refractivity contribution in [3.05, 3.63) is 54.2 Å². The number of benzene rings is 1. The number of aromatic hydroxyl groups is 1. The molecule has 0 saturated carbocycles. The first-order chi connectivity index (χ1) is 11.7. The fraction of sp³-hybridized carbons (Fsp3) is 0.333. The maximum absolute atomic E-state index is 12.1. The van der Waals surface area contributed by atoms with Gasteiger partial charge in [0.1, 0.15) is 0 Å². The average molecular weight is 327 g/mol. The Hall–Kier alpha value is -2.44. The minimum Gasteiger partial charge on any atom is -0.504 e. The number of amides is 1. The lowest BCUT2D eigenvalue weighted by molar-refractivity contribution is -0.121. The Balaban J connectivity index is 1.51. The molecular formula is C18H21N3O3. The highest BCUT2D eigenvalue weighted by atomic mass is 16.5. The van der Waals surface area contributed by atoms with Crippen LogP contribution in [0.25, 0.3) is 0 Å². The van der Waals surface area contributed by atoms with E-state index in [1.165, 1.54) is 17.8 Å². The molecule has 6 heteroatoms. The van der Waals surface area contributed by atoms with Crippen LogP contribution < -0.4 is 5.32 Å². The summed E-state index contributed by atoms with van der Waals surface area (Å²) >= 11 is 0. The van der Waals surface area contributed by atoms with E-state index >= 15 is 0 Å². The first kappa shape index (κ1) is 16.4. The van der Waals surface area contributed by atoms with Gasteiger partial charge in [0, 0.05) is 25.8 Å². The molecule has 1 aromatic carbocycles. The molecule has 2 aromatic rings. The molecule has 1 aromatic heterocycles. The molecule has 0 unspecified atom stereocenters. The van der Waals surface area contributed by atoms with E-state index in [1.807, 2.05) is 18.2 Å². The van der Waals surface area contributed by atoms with E-state index in [4.69, 9.17) is 4.74 Å². The summed E-state index contributed by atoms with van der Waals surface area (Å²) < 4.78 is 5.70. The van der Waals surface area contributed by atoms with Gasteiger partial charge in [-0.25, -0.2) is 4.98 Å². The molecule has 24 heavy (non-hydrogen) atoms. The monoisotopic (exact) mass is 327 g/mol. The molecule has 6 nitrogen and oxygen atoms in total. The van der Waals surface area contributed by atoms with E-state index in [9.17, 15) is 9.90 Å². The van der Waals surface area contributed by atoms with Crippen LogP contribution in [-0.2, 0) is 16.1 Å². The van der Waals surface area contributed by atoms with E-state index in [-0.39, 0.29) is 30.0 Å². The van der Waals surface area contributed by atoms with Crippen LogP contribution in [0.4, 0.5) is 5.82 Å². The van der Waals surface area contributed by atoms with Crippen LogP contribution in [0.3, 0.4) is 0 Å². The van der Waals surface area contributed by atoms with E-state index < -0.39 is 0 Å². The third-order valence-electron chi connectivity index (χ3n) is 3.93. The standard InChI is InChI=1S/C18H21N3O3/c22-16-7-4-8-19-18(16)20-17(23)11-15-13-21(9-10-24-15)12-14-5-2-1-3-6-14/h1-8,15,22H,9-13H2,(H,19,20,23)/t15-/m0/s1. The first-order valence-corrected chi connectivity index (χ1v) is 8.02. The molecule has 0 bridgehead atoms. The molecule has 1 aliphatic heterocycles. The molecule has 1 fully saturated rings. The number of pyridine rings is 1. The highest BCUT2D eigenvalue weighted by Crippen LogP contribution is 2.19. The molecule has 1 atom stereocenters. The van der Waals surface area contributed by atoms with E-state index in [1.54, 1.807) is 6.07 Å². The van der Waals surface area contributed by atoms with Gasteiger partial charge in [-0.3, -0.25) is 9.69 Å². The van der Waals surface area contributed by atoms with Crippen molar-refractivity contribution < 1.29 is 14.6 Å². The van der Waals surface area contributed by atoms with Gasteiger partial charge in [-0.2, -0.15) is 0 Å². The largest absolute Gasteiger partial charge is 0.504 e. The maximum atomic E-state index is 12.1. The lowest BCUT2D eigenvalue weighted by Crippen LogP contribution is -2.43. The second kappa shape index (κ2) is 7.90. The van der Waals surface area contributed by atoms with Gasteiger partial charge in [-0.05, 0) is 17.7 Å². The number of carbonyl (C=O) groups excluding carboxylic acids is 1. The zero-order valence-electron chi connectivity index (χ0n) is 13.4. The number of hydrogen-bond donors (Lipinski definition) is 2. The number of nitrogens with one attached hydrogen (secondary N) is 1. The molecule has 0 aliphatic carbocycles. The molecule has 1 saturated heterocycles. The van der Waals surface area contributed by atoms with Crippen molar-refractivity contribution in [1.82, 2.24) is 9.88 Å². The number of nitrogens with zero attached hydrogens (tertiary/aromatic N) is 2. The molecule has 2 heterocycles. The van der Waals surface area contributed by atoms with E-state index in [0.717, 1.165) is 13.1 Å². The Bertz CT molecular complexity index is 678. The summed E-state index contributed by atoms with van der Waals surface area (Å²) in [6, 6.07) is 13.4. The molecule has 1 aliphatic rings. The van der Waals surface area contributed by atoms with Gasteiger partial charge < -0.3 is 15.2 Å². The van der Waals surface area contributed by atoms with Gasteiger partial charge in [-0.15, -0.1) is 0 Å². The number of rotatable bonds is 5. The van der Waals surface area contributed by atoms with Crippen LogP contribution in [-0.4, -0.2) is 46.7 Å². The Morgan fingerprint density at radius 1 is 1.29 bits per heavy atom. The second-order valence-electron chi connectivity index (χ2n) is 5.84. The second-order valence-corrected chi connectivity index (χ2v) is 5.84. The number of anilines is 1. The molecule has 0 spiro atoms. The zero-order chi connectivity index (χ0) is 16.8. The number of morpholine rings is 1. The van der Waals surface area contributed by atoms with Gasteiger partial charge >= 0.3 is 0 Å². The Labute approximate surface area is 141 Å². The van der Waals surface area contributed by atoms with E-state index in [0.29, 0.717) is 13.2 Å². The summed E-state index contributed by atoms with van der Waals surface area (Å²) in [5, 5.41) is 12.3.